The molecule has 3 aromatic carbocycles. The molecule has 2 heterocycles. The summed E-state index contributed by atoms with van der Waals surface area (Å²) >= 11 is 0. The quantitative estimate of drug-likeness (QED) is 0.330. The van der Waals surface area contributed by atoms with E-state index in [0.717, 1.165) is 39.5 Å². The predicted octanol–water partition coefficient (Wildman–Crippen LogP) is 5.84. The number of hydrogen-bond donors (Lipinski definition) is 1. The van der Waals surface area contributed by atoms with Crippen molar-refractivity contribution in [1.82, 2.24) is 20.4 Å². The van der Waals surface area contributed by atoms with Gasteiger partial charge in [0, 0.05) is 11.3 Å². The van der Waals surface area contributed by atoms with Gasteiger partial charge in [-0.15, -0.1) is 0 Å². The third-order valence-electron chi connectivity index (χ3n) is 6.28. The molecule has 0 saturated heterocycles. The van der Waals surface area contributed by atoms with Crippen molar-refractivity contribution >= 4 is 11.6 Å². The van der Waals surface area contributed by atoms with Gasteiger partial charge < -0.3 is 19.3 Å². The van der Waals surface area contributed by atoms with Gasteiger partial charge in [0.1, 0.15) is 11.5 Å². The number of amides is 2. The maximum absolute atomic E-state index is 13.4. The molecule has 0 saturated carbocycles. The molecule has 8 heteroatoms. The van der Waals surface area contributed by atoms with Gasteiger partial charge in [0.15, 0.2) is 0 Å². The van der Waals surface area contributed by atoms with E-state index in [9.17, 15) is 4.79 Å². The monoisotopic (exact) mass is 496 g/mol. The van der Waals surface area contributed by atoms with Crippen LogP contribution in [0.5, 0.6) is 11.5 Å². The molecule has 2 amide bonds. The Morgan fingerprint density at radius 2 is 1.78 bits per heavy atom. The summed E-state index contributed by atoms with van der Waals surface area (Å²) in [5, 5.41) is 7.37. The summed E-state index contributed by atoms with van der Waals surface area (Å²) in [6.07, 6.45) is 0. The second kappa shape index (κ2) is 10.6. The molecule has 0 bridgehead atoms. The Labute approximate surface area is 215 Å². The van der Waals surface area contributed by atoms with Crippen LogP contribution in [0.25, 0.3) is 17.0 Å². The maximum Gasteiger partial charge on any atom is 0.322 e. The molecule has 188 valence electrons. The standard InChI is InChI=1S/C29H28N4O4/c1-4-36-23-15-13-21(14-16-23)26-25(28-31-27(32-37-28)22-10-6-5-7-11-22)19(2)33(29(34)30-26)18-20-9-8-12-24(17-20)35-3/h5-17,26H,4,18H2,1-3H3,(H,30,34). The molecule has 1 unspecified atom stereocenters. The van der Waals surface area contributed by atoms with Crippen LogP contribution in [0.4, 0.5) is 4.79 Å². The van der Waals surface area contributed by atoms with E-state index in [4.69, 9.17) is 19.0 Å². The van der Waals surface area contributed by atoms with Crippen molar-refractivity contribution in [1.29, 1.82) is 0 Å². The number of benzene rings is 3. The highest BCUT2D eigenvalue weighted by molar-refractivity contribution is 5.87. The summed E-state index contributed by atoms with van der Waals surface area (Å²) < 4.78 is 16.7. The molecule has 0 aliphatic carbocycles. The molecule has 0 radical (unpaired) electrons. The van der Waals surface area contributed by atoms with Crippen molar-refractivity contribution in [2.24, 2.45) is 0 Å². The summed E-state index contributed by atoms with van der Waals surface area (Å²) in [6.45, 7) is 4.78. The van der Waals surface area contributed by atoms with E-state index in [0.29, 0.717) is 24.9 Å². The molecule has 37 heavy (non-hydrogen) atoms. The van der Waals surface area contributed by atoms with Gasteiger partial charge in [-0.05, 0) is 49.2 Å². The average molecular weight is 497 g/mol. The van der Waals surface area contributed by atoms with Crippen molar-refractivity contribution in [2.45, 2.75) is 26.4 Å². The number of rotatable bonds is 8. The van der Waals surface area contributed by atoms with Crippen LogP contribution >= 0.6 is 0 Å². The lowest BCUT2D eigenvalue weighted by atomic mass is 9.94. The Hall–Kier alpha value is -4.59. The fourth-order valence-electron chi connectivity index (χ4n) is 4.41. The minimum Gasteiger partial charge on any atom is -0.497 e. The maximum atomic E-state index is 13.4. The first-order valence-electron chi connectivity index (χ1n) is 12.1. The number of methoxy groups -OCH3 is 1. The highest BCUT2D eigenvalue weighted by atomic mass is 16.5. The van der Waals surface area contributed by atoms with Crippen LogP contribution in [0.2, 0.25) is 0 Å². The largest absolute Gasteiger partial charge is 0.497 e. The van der Waals surface area contributed by atoms with Crippen molar-refractivity contribution in [3.05, 3.63) is 102 Å². The Balaban J connectivity index is 1.57. The molecule has 1 atom stereocenters. The SMILES string of the molecule is CCOc1ccc(C2NC(=O)N(Cc3cccc(OC)c3)C(C)=C2c2nc(-c3ccccc3)no2)cc1. The summed E-state index contributed by atoms with van der Waals surface area (Å²) in [4.78, 5) is 19.8. The van der Waals surface area contributed by atoms with Crippen molar-refractivity contribution in [2.75, 3.05) is 13.7 Å². The lowest BCUT2D eigenvalue weighted by Gasteiger charge is -2.35. The summed E-state index contributed by atoms with van der Waals surface area (Å²) in [6, 6.07) is 24.3. The van der Waals surface area contributed by atoms with Crippen LogP contribution in [0.1, 0.15) is 36.9 Å². The summed E-state index contributed by atoms with van der Waals surface area (Å²) in [5.41, 5.74) is 4.13. The number of allylic oxidation sites excluding steroid dienone is 1. The fraction of sp³-hybridized carbons (Fsp3) is 0.207. The minimum absolute atomic E-state index is 0.217. The molecule has 1 aliphatic heterocycles. The molecular formula is C29H28N4O4. The van der Waals surface area contributed by atoms with E-state index < -0.39 is 6.04 Å². The van der Waals surface area contributed by atoms with Gasteiger partial charge in [-0.1, -0.05) is 59.8 Å². The number of ether oxygens (including phenoxy) is 2. The lowest BCUT2D eigenvalue weighted by Crippen LogP contribution is -2.45. The Morgan fingerprint density at radius 1 is 1.00 bits per heavy atom. The number of hydrogen-bond acceptors (Lipinski definition) is 6. The fourth-order valence-corrected chi connectivity index (χ4v) is 4.41. The predicted molar refractivity (Wildman–Crippen MR) is 140 cm³/mol. The molecule has 1 aliphatic rings. The topological polar surface area (TPSA) is 89.7 Å². The third-order valence-corrected chi connectivity index (χ3v) is 6.28. The van der Waals surface area contributed by atoms with E-state index in [1.165, 1.54) is 0 Å². The second-order valence-corrected chi connectivity index (χ2v) is 8.61. The van der Waals surface area contributed by atoms with E-state index in [2.05, 4.69) is 10.5 Å². The molecular weight excluding hydrogens is 468 g/mol. The van der Waals surface area contributed by atoms with Gasteiger partial charge in [0.2, 0.25) is 5.82 Å². The molecule has 5 rings (SSSR count). The lowest BCUT2D eigenvalue weighted by molar-refractivity contribution is 0.203. The normalized spacial score (nSPS) is 15.5. The zero-order valence-electron chi connectivity index (χ0n) is 21.0. The van der Waals surface area contributed by atoms with E-state index in [1.54, 1.807) is 12.0 Å². The highest BCUT2D eigenvalue weighted by Gasteiger charge is 2.36. The van der Waals surface area contributed by atoms with Gasteiger partial charge in [-0.25, -0.2) is 4.79 Å². The second-order valence-electron chi connectivity index (χ2n) is 8.61. The van der Waals surface area contributed by atoms with Crippen LogP contribution in [-0.2, 0) is 6.54 Å². The molecule has 1 aromatic heterocycles. The molecule has 0 spiro atoms. The Bertz CT molecular complexity index is 1410. The molecule has 8 nitrogen and oxygen atoms in total. The van der Waals surface area contributed by atoms with Crippen LogP contribution in [0.3, 0.4) is 0 Å². The van der Waals surface area contributed by atoms with Gasteiger partial charge in [0.05, 0.1) is 31.9 Å². The third kappa shape index (κ3) is 5.04. The first kappa shape index (κ1) is 24.1. The van der Waals surface area contributed by atoms with Crippen LogP contribution in [-0.4, -0.2) is 34.8 Å². The van der Waals surface area contributed by atoms with Crippen LogP contribution < -0.4 is 14.8 Å². The zero-order chi connectivity index (χ0) is 25.8. The van der Waals surface area contributed by atoms with Crippen molar-refractivity contribution < 1.29 is 18.8 Å². The smallest absolute Gasteiger partial charge is 0.322 e. The first-order chi connectivity index (χ1) is 18.1. The number of carbonyl (C=O) groups excluding carboxylic acids is 1. The van der Waals surface area contributed by atoms with Crippen LogP contribution in [0.15, 0.2) is 89.1 Å². The van der Waals surface area contributed by atoms with Gasteiger partial charge in [0.25, 0.3) is 5.89 Å². The Kier molecular flexibility index (Phi) is 6.89. The number of urea groups is 1. The van der Waals surface area contributed by atoms with Gasteiger partial charge in [-0.3, -0.25) is 4.90 Å². The zero-order valence-corrected chi connectivity index (χ0v) is 21.0. The number of carbonyl (C=O) groups is 1. The number of nitrogens with one attached hydrogen (secondary N) is 1. The molecule has 1 N–H and O–H groups in total. The minimum atomic E-state index is -0.478. The number of aromatic nitrogens is 2. The van der Waals surface area contributed by atoms with Crippen molar-refractivity contribution in [3.8, 4) is 22.9 Å². The first-order valence-corrected chi connectivity index (χ1v) is 12.1. The molecule has 0 fully saturated rings. The van der Waals surface area contributed by atoms with E-state index in [-0.39, 0.29) is 6.03 Å². The Morgan fingerprint density at radius 3 is 2.51 bits per heavy atom. The number of nitrogens with zero attached hydrogens (tertiary/aromatic N) is 3. The van der Waals surface area contributed by atoms with E-state index >= 15 is 0 Å². The highest BCUT2D eigenvalue weighted by Crippen LogP contribution is 2.38. The van der Waals surface area contributed by atoms with E-state index in [1.807, 2.05) is 92.7 Å². The molecule has 4 aromatic rings. The summed E-state index contributed by atoms with van der Waals surface area (Å²) in [7, 11) is 1.62. The van der Waals surface area contributed by atoms with Gasteiger partial charge >= 0.3 is 6.03 Å². The van der Waals surface area contributed by atoms with Crippen LogP contribution in [0, 0.1) is 0 Å². The summed E-state index contributed by atoms with van der Waals surface area (Å²) in [5.74, 6) is 2.33. The van der Waals surface area contributed by atoms with Crippen molar-refractivity contribution in [3.63, 3.8) is 0 Å². The van der Waals surface area contributed by atoms with Gasteiger partial charge in [-0.2, -0.15) is 4.98 Å². The average Bonchev–Trinajstić information content (AvgIpc) is 3.42.